The van der Waals surface area contributed by atoms with E-state index >= 15 is 0 Å². The van der Waals surface area contributed by atoms with Gasteiger partial charge in [-0.1, -0.05) is 60.0 Å². The zero-order valence-electron chi connectivity index (χ0n) is 20.1. The number of thioether (sulfide) groups is 2. The first-order valence-corrected chi connectivity index (χ1v) is 13.6. The first kappa shape index (κ1) is 26.7. The molecule has 0 radical (unpaired) electrons. The van der Waals surface area contributed by atoms with Crippen LogP contribution in [0, 0.1) is 6.92 Å². The summed E-state index contributed by atoms with van der Waals surface area (Å²) in [6.07, 6.45) is 0. The van der Waals surface area contributed by atoms with Crippen LogP contribution >= 0.6 is 51.7 Å². The van der Waals surface area contributed by atoms with Gasteiger partial charge >= 0.3 is 11.9 Å². The normalized spacial score (nSPS) is 16.7. The average Bonchev–Trinajstić information content (AvgIpc) is 3.29. The fraction of sp³-hybridized carbons (Fsp3) is 0.231. The van der Waals surface area contributed by atoms with E-state index in [0.29, 0.717) is 30.4 Å². The lowest BCUT2D eigenvalue weighted by atomic mass is 9.82. The van der Waals surface area contributed by atoms with E-state index in [1.807, 2.05) is 57.2 Å². The van der Waals surface area contributed by atoms with E-state index in [1.165, 1.54) is 14.2 Å². The number of esters is 2. The first-order chi connectivity index (χ1) is 17.0. The van der Waals surface area contributed by atoms with Crippen LogP contribution in [0.3, 0.4) is 0 Å². The van der Waals surface area contributed by atoms with Crippen molar-refractivity contribution >= 4 is 85.6 Å². The number of methoxy groups -OCH3 is 2. The molecular formula is C26H22BrNO5S3. The molecule has 186 valence electrons. The summed E-state index contributed by atoms with van der Waals surface area (Å²) in [5.74, 6) is -1.44. The van der Waals surface area contributed by atoms with Crippen molar-refractivity contribution in [3.05, 3.63) is 77.7 Å². The van der Waals surface area contributed by atoms with E-state index < -0.39 is 17.5 Å². The number of thiocarbonyl (C=S) groups is 1. The second kappa shape index (κ2) is 10.2. The molecule has 0 N–H and O–H groups in total. The lowest BCUT2D eigenvalue weighted by molar-refractivity contribution is -0.138. The summed E-state index contributed by atoms with van der Waals surface area (Å²) < 4.78 is 11.2. The van der Waals surface area contributed by atoms with Crippen molar-refractivity contribution in [3.8, 4) is 0 Å². The molecule has 2 aromatic rings. The second-order valence-electron chi connectivity index (χ2n) is 8.54. The number of amides is 1. The summed E-state index contributed by atoms with van der Waals surface area (Å²) in [7, 11) is 2.52. The van der Waals surface area contributed by atoms with Crippen LogP contribution in [0.5, 0.6) is 0 Å². The van der Waals surface area contributed by atoms with E-state index in [0.717, 1.165) is 34.7 Å². The molecule has 0 unspecified atom stereocenters. The molecule has 0 saturated carbocycles. The number of nitrogens with zero attached hydrogens (tertiary/aromatic N) is 1. The second-order valence-corrected chi connectivity index (χ2v) is 12.1. The number of halogens is 1. The molecule has 2 aliphatic heterocycles. The van der Waals surface area contributed by atoms with Crippen LogP contribution in [-0.2, 0) is 19.1 Å². The molecule has 0 atom stereocenters. The maximum atomic E-state index is 13.9. The maximum Gasteiger partial charge on any atom is 0.346 e. The molecule has 1 amide bonds. The fourth-order valence-electron chi connectivity index (χ4n) is 4.05. The molecule has 4 rings (SSSR count). The Hall–Kier alpha value is -2.40. The molecule has 2 aliphatic rings. The predicted octanol–water partition coefficient (Wildman–Crippen LogP) is 6.27. The van der Waals surface area contributed by atoms with Crippen molar-refractivity contribution in [2.45, 2.75) is 26.3 Å². The Morgan fingerprint density at radius 1 is 0.972 bits per heavy atom. The Kier molecular flexibility index (Phi) is 7.52. The number of rotatable bonds is 3. The maximum absolute atomic E-state index is 13.9. The van der Waals surface area contributed by atoms with Crippen LogP contribution < -0.4 is 4.90 Å². The zero-order chi connectivity index (χ0) is 26.4. The number of ether oxygens (including phenoxy) is 2. The molecule has 0 aliphatic carbocycles. The highest BCUT2D eigenvalue weighted by Crippen LogP contribution is 2.56. The quantitative estimate of drug-likeness (QED) is 0.231. The van der Waals surface area contributed by atoms with Gasteiger partial charge in [0.15, 0.2) is 0 Å². The number of aryl methyl sites for hydroxylation is 1. The van der Waals surface area contributed by atoms with Gasteiger partial charge in [0.25, 0.3) is 5.91 Å². The lowest BCUT2D eigenvalue weighted by Gasteiger charge is -2.45. The summed E-state index contributed by atoms with van der Waals surface area (Å²) in [6, 6.07) is 13.1. The third kappa shape index (κ3) is 4.44. The largest absolute Gasteiger partial charge is 0.465 e. The average molecular weight is 605 g/mol. The molecule has 2 heterocycles. The van der Waals surface area contributed by atoms with Crippen molar-refractivity contribution in [2.24, 2.45) is 0 Å². The Labute approximate surface area is 231 Å². The number of benzene rings is 2. The van der Waals surface area contributed by atoms with Gasteiger partial charge in [-0.3, -0.25) is 9.69 Å². The van der Waals surface area contributed by atoms with Crippen LogP contribution in [-0.4, -0.2) is 42.5 Å². The summed E-state index contributed by atoms with van der Waals surface area (Å²) in [5.41, 5.74) is 2.74. The van der Waals surface area contributed by atoms with Crippen LogP contribution in [0.4, 0.5) is 5.69 Å². The third-order valence-electron chi connectivity index (χ3n) is 5.85. The van der Waals surface area contributed by atoms with Gasteiger partial charge in [-0.2, -0.15) is 0 Å². The topological polar surface area (TPSA) is 72.9 Å². The van der Waals surface area contributed by atoms with Gasteiger partial charge in [-0.25, -0.2) is 9.59 Å². The van der Waals surface area contributed by atoms with E-state index in [4.69, 9.17) is 21.7 Å². The number of hydrogen-bond acceptors (Lipinski definition) is 8. The molecule has 0 bridgehead atoms. The Bertz CT molecular complexity index is 1370. The van der Waals surface area contributed by atoms with E-state index in [2.05, 4.69) is 15.9 Å². The van der Waals surface area contributed by atoms with E-state index in [1.54, 1.807) is 11.0 Å². The summed E-state index contributed by atoms with van der Waals surface area (Å²) in [5, 5.41) is 0. The Morgan fingerprint density at radius 2 is 1.56 bits per heavy atom. The Balaban J connectivity index is 1.93. The van der Waals surface area contributed by atoms with Gasteiger partial charge in [0, 0.05) is 15.6 Å². The number of anilines is 1. The minimum atomic E-state index is -0.897. The number of carbonyl (C=O) groups excluding carboxylic acids is 3. The minimum Gasteiger partial charge on any atom is -0.465 e. The Morgan fingerprint density at radius 3 is 2.11 bits per heavy atom. The van der Waals surface area contributed by atoms with Gasteiger partial charge in [0.2, 0.25) is 0 Å². The number of carbonyl (C=O) groups is 3. The molecule has 10 heteroatoms. The highest BCUT2D eigenvalue weighted by Gasteiger charge is 2.46. The van der Waals surface area contributed by atoms with Crippen molar-refractivity contribution in [2.75, 3.05) is 19.1 Å². The first-order valence-electron chi connectivity index (χ1n) is 10.8. The molecule has 36 heavy (non-hydrogen) atoms. The molecule has 0 saturated heterocycles. The smallest absolute Gasteiger partial charge is 0.346 e. The van der Waals surface area contributed by atoms with Gasteiger partial charge < -0.3 is 9.47 Å². The van der Waals surface area contributed by atoms with Crippen molar-refractivity contribution in [1.29, 1.82) is 0 Å². The summed E-state index contributed by atoms with van der Waals surface area (Å²) in [4.78, 5) is 41.4. The van der Waals surface area contributed by atoms with Gasteiger partial charge in [0.1, 0.15) is 9.81 Å². The highest BCUT2D eigenvalue weighted by molar-refractivity contribution is 9.10. The fourth-order valence-corrected chi connectivity index (χ4v) is 7.53. The zero-order valence-corrected chi connectivity index (χ0v) is 24.2. The summed E-state index contributed by atoms with van der Waals surface area (Å²) in [6.45, 7) is 5.76. The van der Waals surface area contributed by atoms with Crippen LogP contribution in [0.1, 0.15) is 35.3 Å². The minimum absolute atomic E-state index is 0.151. The molecular weight excluding hydrogens is 582 g/mol. The lowest BCUT2D eigenvalue weighted by Crippen LogP contribution is -2.56. The standard InChI is InChI=1S/C26H22BrNO5S3/c1-13-10-11-15-17(12-13)28(22(29)14-8-6-7-9-16(14)27)26(2,3)21(34)18(15)25-35-19(23(30)32-4)20(36-25)24(31)33-5/h6-12H,1-5H3. The van der Waals surface area contributed by atoms with Crippen LogP contribution in [0.25, 0.3) is 5.57 Å². The molecule has 2 aromatic carbocycles. The monoisotopic (exact) mass is 603 g/mol. The molecule has 0 spiro atoms. The SMILES string of the molecule is COC(=O)C1=C(C(=O)OC)SC(=C2C(=S)C(C)(C)N(C(=O)c3ccccc3Br)c3cc(C)ccc32)S1. The predicted molar refractivity (Wildman–Crippen MR) is 152 cm³/mol. The van der Waals surface area contributed by atoms with Crippen molar-refractivity contribution in [3.63, 3.8) is 0 Å². The summed E-state index contributed by atoms with van der Waals surface area (Å²) >= 11 is 11.8. The van der Waals surface area contributed by atoms with E-state index in [9.17, 15) is 14.4 Å². The highest BCUT2D eigenvalue weighted by atomic mass is 79.9. The van der Waals surface area contributed by atoms with E-state index in [-0.39, 0.29) is 15.7 Å². The van der Waals surface area contributed by atoms with Crippen molar-refractivity contribution < 1.29 is 23.9 Å². The molecule has 6 nitrogen and oxygen atoms in total. The number of fused-ring (bicyclic) bond motifs is 1. The van der Waals surface area contributed by atoms with Crippen LogP contribution in [0.15, 0.2) is 61.0 Å². The van der Waals surface area contributed by atoms with Gasteiger partial charge in [-0.05, 0) is 60.5 Å². The molecule has 0 fully saturated rings. The molecule has 0 aromatic heterocycles. The number of hydrogen-bond donors (Lipinski definition) is 0. The van der Waals surface area contributed by atoms with Gasteiger partial charge in [0.05, 0.1) is 40.1 Å². The third-order valence-corrected chi connectivity index (χ3v) is 9.81. The van der Waals surface area contributed by atoms with Gasteiger partial charge in [-0.15, -0.1) is 0 Å². The van der Waals surface area contributed by atoms with Crippen LogP contribution in [0.2, 0.25) is 0 Å². The van der Waals surface area contributed by atoms with Crippen molar-refractivity contribution in [1.82, 2.24) is 0 Å².